The Bertz CT molecular complexity index is 592. The Labute approximate surface area is 158 Å². The van der Waals surface area contributed by atoms with E-state index in [1.165, 1.54) is 0 Å². The molecule has 1 aliphatic heterocycles. The van der Waals surface area contributed by atoms with Crippen LogP contribution in [0.5, 0.6) is 0 Å². The number of nitrogens with two attached hydrogens (primary N) is 1. The maximum atomic E-state index is 12.2. The summed E-state index contributed by atoms with van der Waals surface area (Å²) < 4.78 is 0. The SMILES string of the molecule is NCCNC(=O)C1CCCN(CCC(=O)Nc2c(Cl)cccc2Cl)C1. The number of halogens is 2. The van der Waals surface area contributed by atoms with Crippen molar-refractivity contribution in [1.29, 1.82) is 0 Å². The molecule has 1 fully saturated rings. The summed E-state index contributed by atoms with van der Waals surface area (Å²) in [7, 11) is 0. The van der Waals surface area contributed by atoms with Crippen molar-refractivity contribution in [3.05, 3.63) is 28.2 Å². The molecule has 25 heavy (non-hydrogen) atoms. The van der Waals surface area contributed by atoms with Gasteiger partial charge in [0.15, 0.2) is 0 Å². The summed E-state index contributed by atoms with van der Waals surface area (Å²) in [6.07, 6.45) is 2.13. The van der Waals surface area contributed by atoms with Crippen molar-refractivity contribution in [3.63, 3.8) is 0 Å². The molecule has 8 heteroatoms. The zero-order valence-corrected chi connectivity index (χ0v) is 15.6. The summed E-state index contributed by atoms with van der Waals surface area (Å²) >= 11 is 12.1. The molecule has 6 nitrogen and oxygen atoms in total. The number of para-hydroxylation sites is 1. The van der Waals surface area contributed by atoms with Crippen LogP contribution < -0.4 is 16.4 Å². The minimum absolute atomic E-state index is 0.0404. The molecule has 1 aromatic rings. The van der Waals surface area contributed by atoms with Gasteiger partial charge in [0.25, 0.3) is 0 Å². The molecular weight excluding hydrogens is 363 g/mol. The molecule has 1 atom stereocenters. The normalized spacial score (nSPS) is 18.0. The molecule has 2 amide bonds. The molecule has 138 valence electrons. The predicted octanol–water partition coefficient (Wildman–Crippen LogP) is 2.11. The van der Waals surface area contributed by atoms with Crippen LogP contribution in [0.4, 0.5) is 5.69 Å². The van der Waals surface area contributed by atoms with Crippen LogP contribution in [0.25, 0.3) is 0 Å². The number of hydrogen-bond acceptors (Lipinski definition) is 4. The van der Waals surface area contributed by atoms with Gasteiger partial charge in [-0.25, -0.2) is 0 Å². The van der Waals surface area contributed by atoms with E-state index in [0.717, 1.165) is 19.4 Å². The van der Waals surface area contributed by atoms with Gasteiger partial charge < -0.3 is 21.3 Å². The van der Waals surface area contributed by atoms with Gasteiger partial charge in [-0.3, -0.25) is 9.59 Å². The fourth-order valence-electron chi connectivity index (χ4n) is 2.89. The second kappa shape index (κ2) is 9.97. The molecule has 0 radical (unpaired) electrons. The molecule has 2 rings (SSSR count). The summed E-state index contributed by atoms with van der Waals surface area (Å²) in [5.74, 6) is -0.145. The van der Waals surface area contributed by atoms with E-state index in [4.69, 9.17) is 28.9 Å². The number of anilines is 1. The van der Waals surface area contributed by atoms with Crippen LogP contribution in [-0.4, -0.2) is 49.4 Å². The van der Waals surface area contributed by atoms with Gasteiger partial charge in [-0.2, -0.15) is 0 Å². The van der Waals surface area contributed by atoms with E-state index in [1.54, 1.807) is 18.2 Å². The van der Waals surface area contributed by atoms with Crippen molar-refractivity contribution in [2.75, 3.05) is 38.0 Å². The molecule has 1 aliphatic rings. The van der Waals surface area contributed by atoms with Gasteiger partial charge in [0.05, 0.1) is 21.7 Å². The van der Waals surface area contributed by atoms with Gasteiger partial charge in [-0.15, -0.1) is 0 Å². The molecule has 0 aliphatic carbocycles. The minimum Gasteiger partial charge on any atom is -0.355 e. The maximum Gasteiger partial charge on any atom is 0.225 e. The number of carbonyl (C=O) groups excluding carboxylic acids is 2. The fraction of sp³-hybridized carbons (Fsp3) is 0.529. The number of likely N-dealkylation sites (tertiary alicyclic amines) is 1. The second-order valence-electron chi connectivity index (χ2n) is 6.11. The minimum atomic E-state index is -0.148. The van der Waals surface area contributed by atoms with Crippen molar-refractivity contribution in [2.24, 2.45) is 11.7 Å². The van der Waals surface area contributed by atoms with Crippen LogP contribution in [-0.2, 0) is 9.59 Å². The quantitative estimate of drug-likeness (QED) is 0.669. The highest BCUT2D eigenvalue weighted by Gasteiger charge is 2.25. The number of amides is 2. The first-order valence-electron chi connectivity index (χ1n) is 8.45. The van der Waals surface area contributed by atoms with Gasteiger partial charge in [0.1, 0.15) is 0 Å². The Morgan fingerprint density at radius 3 is 2.68 bits per heavy atom. The van der Waals surface area contributed by atoms with E-state index < -0.39 is 0 Å². The summed E-state index contributed by atoms with van der Waals surface area (Å²) in [5.41, 5.74) is 5.85. The lowest BCUT2D eigenvalue weighted by atomic mass is 9.97. The number of nitrogens with zero attached hydrogens (tertiary/aromatic N) is 1. The molecule has 1 aromatic carbocycles. The third-order valence-electron chi connectivity index (χ3n) is 4.20. The largest absolute Gasteiger partial charge is 0.355 e. The number of nitrogens with one attached hydrogen (secondary N) is 2. The van der Waals surface area contributed by atoms with Gasteiger partial charge in [-0.05, 0) is 31.5 Å². The highest BCUT2D eigenvalue weighted by atomic mass is 35.5. The second-order valence-corrected chi connectivity index (χ2v) is 6.93. The molecular formula is C17H24Cl2N4O2. The third kappa shape index (κ3) is 6.15. The Hall–Kier alpha value is -1.34. The van der Waals surface area contributed by atoms with Gasteiger partial charge in [0.2, 0.25) is 11.8 Å². The standard InChI is InChI=1S/C17H24Cl2N4O2/c18-13-4-1-5-14(19)16(13)22-15(24)6-10-23-9-2-3-12(11-23)17(25)21-8-7-20/h1,4-5,12H,2-3,6-11,20H2,(H,21,25)(H,22,24). The highest BCUT2D eigenvalue weighted by molar-refractivity contribution is 6.39. The predicted molar refractivity (Wildman–Crippen MR) is 101 cm³/mol. The summed E-state index contributed by atoms with van der Waals surface area (Å²) in [6, 6.07) is 5.08. The molecule has 0 spiro atoms. The van der Waals surface area contributed by atoms with Crippen LogP contribution in [0.2, 0.25) is 10.0 Å². The Balaban J connectivity index is 1.80. The summed E-state index contributed by atoms with van der Waals surface area (Å²) in [6.45, 7) is 3.08. The van der Waals surface area contributed by atoms with E-state index in [9.17, 15) is 9.59 Å². The van der Waals surface area contributed by atoms with Crippen LogP contribution >= 0.6 is 23.2 Å². The lowest BCUT2D eigenvalue weighted by molar-refractivity contribution is -0.126. The molecule has 4 N–H and O–H groups in total. The Kier molecular flexibility index (Phi) is 7.96. The zero-order valence-electron chi connectivity index (χ0n) is 14.1. The van der Waals surface area contributed by atoms with Crippen molar-refractivity contribution in [2.45, 2.75) is 19.3 Å². The number of benzene rings is 1. The van der Waals surface area contributed by atoms with Crippen LogP contribution in [0.15, 0.2) is 18.2 Å². The van der Waals surface area contributed by atoms with E-state index in [2.05, 4.69) is 15.5 Å². The van der Waals surface area contributed by atoms with Crippen molar-refractivity contribution < 1.29 is 9.59 Å². The smallest absolute Gasteiger partial charge is 0.225 e. The zero-order chi connectivity index (χ0) is 18.2. The molecule has 0 bridgehead atoms. The summed E-state index contributed by atoms with van der Waals surface area (Å²) in [4.78, 5) is 26.4. The van der Waals surface area contributed by atoms with Crippen molar-refractivity contribution in [3.8, 4) is 0 Å². The molecule has 0 saturated carbocycles. The monoisotopic (exact) mass is 386 g/mol. The lowest BCUT2D eigenvalue weighted by Crippen LogP contribution is -2.44. The molecule has 1 heterocycles. The Morgan fingerprint density at radius 1 is 1.28 bits per heavy atom. The number of rotatable bonds is 7. The van der Waals surface area contributed by atoms with Gasteiger partial charge >= 0.3 is 0 Å². The van der Waals surface area contributed by atoms with Gasteiger partial charge in [-0.1, -0.05) is 29.3 Å². The summed E-state index contributed by atoms with van der Waals surface area (Å²) in [5, 5.41) is 6.42. The number of piperidine rings is 1. The molecule has 1 saturated heterocycles. The molecule has 1 unspecified atom stereocenters. The first kappa shape index (κ1) is 20.0. The van der Waals surface area contributed by atoms with Crippen LogP contribution in [0, 0.1) is 5.92 Å². The average Bonchev–Trinajstić information content (AvgIpc) is 2.61. The van der Waals surface area contributed by atoms with E-state index in [1.807, 2.05) is 0 Å². The van der Waals surface area contributed by atoms with Crippen molar-refractivity contribution in [1.82, 2.24) is 10.2 Å². The first-order valence-corrected chi connectivity index (χ1v) is 9.21. The van der Waals surface area contributed by atoms with E-state index in [-0.39, 0.29) is 17.7 Å². The fourth-order valence-corrected chi connectivity index (χ4v) is 3.38. The van der Waals surface area contributed by atoms with Gasteiger partial charge in [0, 0.05) is 32.6 Å². The average molecular weight is 387 g/mol. The van der Waals surface area contributed by atoms with Crippen molar-refractivity contribution >= 4 is 40.7 Å². The molecule has 0 aromatic heterocycles. The Morgan fingerprint density at radius 2 is 2.00 bits per heavy atom. The van der Waals surface area contributed by atoms with E-state index in [0.29, 0.717) is 48.3 Å². The third-order valence-corrected chi connectivity index (χ3v) is 4.83. The van der Waals surface area contributed by atoms with Crippen LogP contribution in [0.3, 0.4) is 0 Å². The highest BCUT2D eigenvalue weighted by Crippen LogP contribution is 2.29. The number of carbonyl (C=O) groups is 2. The number of hydrogen-bond donors (Lipinski definition) is 3. The van der Waals surface area contributed by atoms with Crippen LogP contribution in [0.1, 0.15) is 19.3 Å². The maximum absolute atomic E-state index is 12.2. The first-order chi connectivity index (χ1) is 12.0. The lowest BCUT2D eigenvalue weighted by Gasteiger charge is -2.31. The topological polar surface area (TPSA) is 87.5 Å². The van der Waals surface area contributed by atoms with E-state index >= 15 is 0 Å².